The Morgan fingerprint density at radius 1 is 0.638 bits per heavy atom. The third kappa shape index (κ3) is 30.8. The molecule has 1 aliphatic carbocycles. The zero-order valence-corrected chi connectivity index (χ0v) is 60.2. The topological polar surface area (TPSA) is 248 Å². The van der Waals surface area contributed by atoms with Gasteiger partial charge in [0, 0.05) is 36.1 Å². The number of hydrogen-bond acceptors (Lipinski definition) is 14. The maximum absolute atomic E-state index is 14.4. The van der Waals surface area contributed by atoms with E-state index in [1.54, 1.807) is 0 Å². The molecule has 1 aliphatic heterocycles. The normalized spacial score (nSPS) is 15.0. The molecule has 1 fully saturated rings. The van der Waals surface area contributed by atoms with Gasteiger partial charge in [-0.15, -0.1) is 0 Å². The van der Waals surface area contributed by atoms with Crippen molar-refractivity contribution in [2.24, 2.45) is 5.92 Å². The molecule has 0 radical (unpaired) electrons. The summed E-state index contributed by atoms with van der Waals surface area (Å²) in [5, 5.41) is 15.9. The lowest BCUT2D eigenvalue weighted by atomic mass is 9.98. The van der Waals surface area contributed by atoms with E-state index in [0.29, 0.717) is 30.8 Å². The van der Waals surface area contributed by atoms with E-state index in [1.165, 1.54) is 104 Å². The van der Waals surface area contributed by atoms with E-state index in [2.05, 4.69) is 84.7 Å². The number of unbranched alkanes of at least 4 members (excludes halogenated alkanes) is 12. The van der Waals surface area contributed by atoms with Gasteiger partial charge in [0.2, 0.25) is 40.6 Å². The number of ether oxygens (including phenoxy) is 2. The molecule has 522 valence electrons. The van der Waals surface area contributed by atoms with Crippen molar-refractivity contribution in [1.29, 1.82) is 0 Å². The summed E-state index contributed by atoms with van der Waals surface area (Å²) < 4.78 is 10.7. The summed E-state index contributed by atoms with van der Waals surface area (Å²) in [5.41, 5.74) is 8.17. The number of amides is 7. The highest BCUT2D eigenvalue weighted by Crippen LogP contribution is 2.44. The number of rotatable bonds is 46. The van der Waals surface area contributed by atoms with Crippen LogP contribution in [-0.2, 0) is 47.8 Å². The molecule has 1 heterocycles. The molecule has 0 bridgehead atoms. The Kier molecular flexibility index (Phi) is 39.5. The fraction of sp³-hybridized carbons (Fsp3) is 0.630. The van der Waals surface area contributed by atoms with Crippen LogP contribution in [0.1, 0.15) is 207 Å². The molecule has 2 aromatic carbocycles. The number of alkyl carbamates (subject to hydrolysis) is 1. The molecule has 21 heteroatoms. The number of esters is 1. The number of fused-ring (bicyclic) bond motifs is 3. The third-order valence-electron chi connectivity index (χ3n) is 16.9. The molecular formula is C73H111N7O11S3. The second-order valence-corrected chi connectivity index (χ2v) is 28.7. The maximum Gasteiger partial charge on any atom is 0.407 e. The average Bonchev–Trinajstić information content (AvgIpc) is 1.62. The minimum Gasteiger partial charge on any atom is -0.467 e. The summed E-state index contributed by atoms with van der Waals surface area (Å²) >= 11 is 3.69. The zero-order valence-electron chi connectivity index (χ0n) is 57.8. The third-order valence-corrected chi connectivity index (χ3v) is 19.5. The van der Waals surface area contributed by atoms with Gasteiger partial charge in [0.25, 0.3) is 0 Å². The predicted molar refractivity (Wildman–Crippen MR) is 384 cm³/mol. The Bertz CT molecular complexity index is 2780. The summed E-state index contributed by atoms with van der Waals surface area (Å²) in [6.45, 7) is 13.9. The van der Waals surface area contributed by atoms with Crippen LogP contribution < -0.4 is 31.9 Å². The van der Waals surface area contributed by atoms with Crippen LogP contribution in [0, 0.1) is 5.92 Å². The van der Waals surface area contributed by atoms with Crippen molar-refractivity contribution >= 4 is 87.9 Å². The van der Waals surface area contributed by atoms with Gasteiger partial charge in [-0.3, -0.25) is 33.6 Å². The number of carbonyl (C=O) groups excluding carboxylic acids is 9. The second-order valence-electron chi connectivity index (χ2n) is 25.6. The van der Waals surface area contributed by atoms with Crippen molar-refractivity contribution in [2.45, 2.75) is 226 Å². The largest absolute Gasteiger partial charge is 0.467 e. The number of allylic oxidation sites excluding steroid dienone is 5. The molecule has 0 unspecified atom stereocenters. The summed E-state index contributed by atoms with van der Waals surface area (Å²) in [5.74, 6) is -3.11. The SMILES string of the molecule is CCCCCCCCCCCCCCCC(=O)N[C@@H](CSC(=O)CNC(=O)OCC1c2ccccc2-c2ccccc21)C(=O)N[C@@H](CCSC)C(=O)NCC(=O)N[C@@H](CC(C)C)C(=O)N1CCC[C@H]1C(=O)N[C@@H](CSC/C=C(\C)CC/C=C(\C)CCC=C(C)C)C(=O)OC. The molecule has 6 N–H and O–H groups in total. The Morgan fingerprint density at radius 2 is 1.23 bits per heavy atom. The maximum atomic E-state index is 14.4. The van der Waals surface area contributed by atoms with Gasteiger partial charge in [-0.25, -0.2) is 9.59 Å². The molecule has 7 amide bonds. The molecule has 0 aromatic heterocycles. The number of methoxy groups -OCH3 is 1. The highest BCUT2D eigenvalue weighted by molar-refractivity contribution is 8.13. The summed E-state index contributed by atoms with van der Waals surface area (Å²) in [4.78, 5) is 125. The van der Waals surface area contributed by atoms with Crippen molar-refractivity contribution < 1.29 is 52.6 Å². The Balaban J connectivity index is 1.34. The molecule has 5 atom stereocenters. The molecule has 94 heavy (non-hydrogen) atoms. The highest BCUT2D eigenvalue weighted by Gasteiger charge is 2.40. The number of benzene rings is 2. The van der Waals surface area contributed by atoms with Crippen LogP contribution in [0.2, 0.25) is 0 Å². The average molecular weight is 1360 g/mol. The van der Waals surface area contributed by atoms with Crippen molar-refractivity contribution in [3.05, 3.63) is 94.6 Å². The first-order valence-corrected chi connectivity index (χ1v) is 37.9. The van der Waals surface area contributed by atoms with Crippen LogP contribution in [0.4, 0.5) is 4.79 Å². The quantitative estimate of drug-likeness (QED) is 0.0205. The van der Waals surface area contributed by atoms with Crippen LogP contribution >= 0.6 is 35.3 Å². The standard InChI is InChI=1S/C73H111N7O11S3/c1-10-11-12-13-14-15-16-17-18-19-20-21-22-39-65(81)77-62(50-94-67(83)47-75-73(89)91-48-59-57-36-25-23-34-55(57)56-35-24-26-37-58(56)59)69(85)78-60(41-43-92-9)68(84)74-46-66(82)76-61(45-52(4)5)71(87)80-42-29-38-64(80)70(86)79-63(72(88)90-8)49-93-44-40-54(7)33-28-32-53(6)31-27-30-51(2)3/h23-26,30,32,34-37,40,52,59-64H,10-22,27-29,31,33,38-39,41-50H2,1-9H3,(H,74,84)(H,75,89)(H,76,82)(H,77,81)(H,78,85)(H,79,86)/b53-32+,54-40+/t60-,61-,62-,63-,64-/m0/s1. The van der Waals surface area contributed by atoms with E-state index >= 15 is 0 Å². The molecule has 18 nitrogen and oxygen atoms in total. The molecule has 0 saturated carbocycles. The molecular weight excluding hydrogens is 1250 g/mol. The fourth-order valence-corrected chi connectivity index (χ4v) is 13.8. The van der Waals surface area contributed by atoms with E-state index in [1.807, 2.05) is 68.6 Å². The van der Waals surface area contributed by atoms with E-state index in [9.17, 15) is 43.2 Å². The number of likely N-dealkylation sites (tertiary alicyclic amines) is 1. The van der Waals surface area contributed by atoms with Crippen molar-refractivity contribution in [3.63, 3.8) is 0 Å². The number of nitrogens with zero attached hydrogens (tertiary/aromatic N) is 1. The van der Waals surface area contributed by atoms with Crippen LogP contribution in [-0.4, -0.2) is 150 Å². The minimum atomic E-state index is -1.25. The van der Waals surface area contributed by atoms with Gasteiger partial charge >= 0.3 is 12.1 Å². The highest BCUT2D eigenvalue weighted by atomic mass is 32.2. The minimum absolute atomic E-state index is 0.0569. The van der Waals surface area contributed by atoms with Crippen LogP contribution in [0.15, 0.2) is 83.5 Å². The van der Waals surface area contributed by atoms with E-state index in [0.717, 1.165) is 85.4 Å². The summed E-state index contributed by atoms with van der Waals surface area (Å²) in [7, 11) is 1.27. The Morgan fingerprint density at radius 3 is 1.84 bits per heavy atom. The van der Waals surface area contributed by atoms with Crippen molar-refractivity contribution in [1.82, 2.24) is 36.8 Å². The lowest BCUT2D eigenvalue weighted by molar-refractivity contribution is -0.146. The Labute approximate surface area is 574 Å². The molecule has 1 saturated heterocycles. The predicted octanol–water partition coefficient (Wildman–Crippen LogP) is 12.4. The lowest BCUT2D eigenvalue weighted by Crippen LogP contribution is -2.57. The van der Waals surface area contributed by atoms with Gasteiger partial charge in [0.1, 0.15) is 36.8 Å². The van der Waals surface area contributed by atoms with Gasteiger partial charge < -0.3 is 46.3 Å². The smallest absolute Gasteiger partial charge is 0.407 e. The number of carbonyl (C=O) groups is 9. The molecule has 2 aromatic rings. The zero-order chi connectivity index (χ0) is 68.6. The van der Waals surface area contributed by atoms with Crippen LogP contribution in [0.25, 0.3) is 11.1 Å². The monoisotopic (exact) mass is 1360 g/mol. The van der Waals surface area contributed by atoms with Gasteiger partial charge in [-0.05, 0) is 126 Å². The second kappa shape index (κ2) is 46.2. The van der Waals surface area contributed by atoms with Crippen LogP contribution in [0.3, 0.4) is 0 Å². The fourth-order valence-electron chi connectivity index (χ4n) is 11.6. The van der Waals surface area contributed by atoms with Crippen LogP contribution in [0.5, 0.6) is 0 Å². The lowest BCUT2D eigenvalue weighted by Gasteiger charge is -2.30. The van der Waals surface area contributed by atoms with Gasteiger partial charge in [0.05, 0.1) is 20.2 Å². The van der Waals surface area contributed by atoms with E-state index < -0.39 is 90.0 Å². The number of hydrogen-bond donors (Lipinski definition) is 6. The molecule has 4 rings (SSSR count). The van der Waals surface area contributed by atoms with Gasteiger partial charge in [0.15, 0.2) is 0 Å². The number of thioether (sulfide) groups is 3. The van der Waals surface area contributed by atoms with E-state index in [-0.39, 0.29) is 61.7 Å². The first-order chi connectivity index (χ1) is 45.3. The molecule has 0 spiro atoms. The summed E-state index contributed by atoms with van der Waals surface area (Å²) in [6.07, 6.45) is 27.9. The van der Waals surface area contributed by atoms with Crippen molar-refractivity contribution in [2.75, 3.05) is 62.6 Å². The first kappa shape index (κ1) is 80.4. The first-order valence-electron chi connectivity index (χ1n) is 34.4. The van der Waals surface area contributed by atoms with Crippen molar-refractivity contribution in [3.8, 4) is 11.1 Å². The summed E-state index contributed by atoms with van der Waals surface area (Å²) in [6, 6.07) is 10.6. The van der Waals surface area contributed by atoms with Gasteiger partial charge in [-0.1, -0.05) is 193 Å². The Hall–Kier alpha value is -6.06. The number of nitrogens with one attached hydrogen (secondary N) is 6. The van der Waals surface area contributed by atoms with E-state index in [4.69, 9.17) is 9.47 Å². The molecule has 2 aliphatic rings. The van der Waals surface area contributed by atoms with Gasteiger partial charge in [-0.2, -0.15) is 23.5 Å².